The number of carbonyl (C=O) groups excluding carboxylic acids is 1. The predicted octanol–water partition coefficient (Wildman–Crippen LogP) is 2.56. The topological polar surface area (TPSA) is 52.6 Å². The van der Waals surface area contributed by atoms with Gasteiger partial charge in [-0.1, -0.05) is 39.5 Å². The average Bonchev–Trinajstić information content (AvgIpc) is 2.47. The lowest BCUT2D eigenvalue weighted by atomic mass is 10.1. The third-order valence-corrected chi connectivity index (χ3v) is 3.68. The number of rotatable bonds is 13. The van der Waals surface area contributed by atoms with E-state index in [2.05, 4.69) is 26.1 Å². The second-order valence-electron chi connectivity index (χ2n) is 5.56. The number of nitrogens with one attached hydrogen (secondary N) is 1. The van der Waals surface area contributed by atoms with Gasteiger partial charge < -0.3 is 15.3 Å². The van der Waals surface area contributed by atoms with E-state index < -0.39 is 0 Å². The number of hydrogen-bond acceptors (Lipinski definition) is 3. The van der Waals surface area contributed by atoms with Crippen LogP contribution >= 0.6 is 0 Å². The zero-order valence-corrected chi connectivity index (χ0v) is 13.7. The van der Waals surface area contributed by atoms with Crippen molar-refractivity contribution in [2.45, 2.75) is 71.8 Å². The lowest BCUT2D eigenvalue weighted by Crippen LogP contribution is -2.41. The van der Waals surface area contributed by atoms with E-state index in [0.29, 0.717) is 25.6 Å². The molecule has 0 rings (SSSR count). The maximum absolute atomic E-state index is 12.2. The van der Waals surface area contributed by atoms with Crippen LogP contribution in [0.25, 0.3) is 0 Å². The fraction of sp³-hybridized carbons (Fsp3) is 0.938. The molecule has 0 radical (unpaired) electrons. The molecule has 0 aromatic heterocycles. The van der Waals surface area contributed by atoms with Gasteiger partial charge >= 0.3 is 0 Å². The number of unbranched alkanes of at least 4 members (excludes halogenated alkanes) is 4. The molecule has 20 heavy (non-hydrogen) atoms. The van der Waals surface area contributed by atoms with Crippen LogP contribution in [-0.2, 0) is 4.79 Å². The van der Waals surface area contributed by atoms with Gasteiger partial charge in [0.05, 0.1) is 6.54 Å². The Morgan fingerprint density at radius 3 is 2.35 bits per heavy atom. The van der Waals surface area contributed by atoms with Crippen molar-refractivity contribution in [1.82, 2.24) is 10.2 Å². The lowest BCUT2D eigenvalue weighted by molar-refractivity contribution is -0.130. The van der Waals surface area contributed by atoms with E-state index in [4.69, 9.17) is 5.11 Å². The van der Waals surface area contributed by atoms with Gasteiger partial charge in [0.25, 0.3) is 0 Å². The number of carbonyl (C=O) groups is 1. The van der Waals surface area contributed by atoms with Crippen molar-refractivity contribution in [3.8, 4) is 0 Å². The minimum absolute atomic E-state index is 0.151. The zero-order chi connectivity index (χ0) is 15.2. The highest BCUT2D eigenvalue weighted by Gasteiger charge is 2.13. The van der Waals surface area contributed by atoms with Crippen molar-refractivity contribution < 1.29 is 9.90 Å². The van der Waals surface area contributed by atoms with Gasteiger partial charge in [0.2, 0.25) is 5.91 Å². The van der Waals surface area contributed by atoms with E-state index in [1.807, 2.05) is 4.90 Å². The third kappa shape index (κ3) is 10.2. The molecule has 4 nitrogen and oxygen atoms in total. The normalized spacial score (nSPS) is 12.4. The minimum Gasteiger partial charge on any atom is -0.396 e. The van der Waals surface area contributed by atoms with Crippen molar-refractivity contribution >= 4 is 5.91 Å². The van der Waals surface area contributed by atoms with Crippen LogP contribution in [0.3, 0.4) is 0 Å². The Balaban J connectivity index is 4.00. The molecule has 1 atom stereocenters. The molecule has 1 amide bonds. The number of hydrogen-bond donors (Lipinski definition) is 2. The Morgan fingerprint density at radius 1 is 1.10 bits per heavy atom. The number of aliphatic hydroxyl groups is 1. The smallest absolute Gasteiger partial charge is 0.236 e. The summed E-state index contributed by atoms with van der Waals surface area (Å²) in [6.07, 6.45) is 7.73. The fourth-order valence-electron chi connectivity index (χ4n) is 2.05. The maximum Gasteiger partial charge on any atom is 0.236 e. The first kappa shape index (κ1) is 19.4. The molecular weight excluding hydrogens is 252 g/mol. The van der Waals surface area contributed by atoms with E-state index in [1.54, 1.807) is 0 Å². The van der Waals surface area contributed by atoms with Gasteiger partial charge in [-0.25, -0.2) is 0 Å². The summed E-state index contributed by atoms with van der Waals surface area (Å²) >= 11 is 0. The minimum atomic E-state index is 0.151. The largest absolute Gasteiger partial charge is 0.396 e. The SMILES string of the molecule is CCCCCCCN(CCCO)C(=O)CNC(C)CC. The summed E-state index contributed by atoms with van der Waals surface area (Å²) in [6.45, 7) is 8.47. The van der Waals surface area contributed by atoms with Crippen LogP contribution in [-0.4, -0.2) is 48.2 Å². The van der Waals surface area contributed by atoms with Gasteiger partial charge in [0, 0.05) is 25.7 Å². The van der Waals surface area contributed by atoms with Gasteiger partial charge in [-0.15, -0.1) is 0 Å². The summed E-state index contributed by atoms with van der Waals surface area (Å²) in [7, 11) is 0. The highest BCUT2D eigenvalue weighted by Crippen LogP contribution is 2.05. The average molecular weight is 286 g/mol. The van der Waals surface area contributed by atoms with Gasteiger partial charge in [-0.2, -0.15) is 0 Å². The maximum atomic E-state index is 12.2. The summed E-state index contributed by atoms with van der Waals surface area (Å²) in [5, 5.41) is 12.2. The van der Waals surface area contributed by atoms with E-state index in [1.165, 1.54) is 25.7 Å². The first-order chi connectivity index (χ1) is 9.65. The molecule has 0 bridgehead atoms. The Hall–Kier alpha value is -0.610. The van der Waals surface area contributed by atoms with Gasteiger partial charge in [0.15, 0.2) is 0 Å². The van der Waals surface area contributed by atoms with Crippen LogP contribution in [0.15, 0.2) is 0 Å². The van der Waals surface area contributed by atoms with E-state index in [9.17, 15) is 4.79 Å². The van der Waals surface area contributed by atoms with Gasteiger partial charge in [-0.05, 0) is 26.2 Å². The first-order valence-corrected chi connectivity index (χ1v) is 8.27. The first-order valence-electron chi connectivity index (χ1n) is 8.27. The summed E-state index contributed by atoms with van der Waals surface area (Å²) in [5.41, 5.74) is 0. The van der Waals surface area contributed by atoms with Crippen molar-refractivity contribution in [2.75, 3.05) is 26.2 Å². The van der Waals surface area contributed by atoms with Crippen LogP contribution in [0.2, 0.25) is 0 Å². The molecule has 1 unspecified atom stereocenters. The lowest BCUT2D eigenvalue weighted by Gasteiger charge is -2.23. The number of nitrogens with zero attached hydrogens (tertiary/aromatic N) is 1. The van der Waals surface area contributed by atoms with Gasteiger partial charge in [-0.3, -0.25) is 4.79 Å². The van der Waals surface area contributed by atoms with E-state index in [-0.39, 0.29) is 12.5 Å². The van der Waals surface area contributed by atoms with Crippen LogP contribution in [0, 0.1) is 0 Å². The van der Waals surface area contributed by atoms with Crippen molar-refractivity contribution in [3.05, 3.63) is 0 Å². The Labute approximate surface area is 124 Å². The summed E-state index contributed by atoms with van der Waals surface area (Å²) in [4.78, 5) is 14.1. The molecule has 0 aromatic rings. The van der Waals surface area contributed by atoms with Crippen molar-refractivity contribution in [2.24, 2.45) is 0 Å². The second kappa shape index (κ2) is 13.4. The second-order valence-corrected chi connectivity index (χ2v) is 5.56. The monoisotopic (exact) mass is 286 g/mol. The molecule has 2 N–H and O–H groups in total. The molecule has 0 saturated carbocycles. The fourth-order valence-corrected chi connectivity index (χ4v) is 2.05. The molecule has 120 valence electrons. The molecular formula is C16H34N2O2. The van der Waals surface area contributed by atoms with Crippen LogP contribution in [0.4, 0.5) is 0 Å². The molecule has 0 aromatic carbocycles. The van der Waals surface area contributed by atoms with Crippen LogP contribution in [0.5, 0.6) is 0 Å². The molecule has 0 heterocycles. The standard InChI is InChI=1S/C16H34N2O2/c1-4-6-7-8-9-11-18(12-10-13-19)16(20)14-17-15(3)5-2/h15,17,19H,4-14H2,1-3H3. The molecule has 0 aliphatic rings. The Kier molecular flexibility index (Phi) is 13.0. The van der Waals surface area contributed by atoms with Crippen molar-refractivity contribution in [1.29, 1.82) is 0 Å². The third-order valence-electron chi connectivity index (χ3n) is 3.68. The van der Waals surface area contributed by atoms with E-state index >= 15 is 0 Å². The number of aliphatic hydroxyl groups excluding tert-OH is 1. The quantitative estimate of drug-likeness (QED) is 0.512. The molecule has 0 fully saturated rings. The predicted molar refractivity (Wildman–Crippen MR) is 84.8 cm³/mol. The van der Waals surface area contributed by atoms with Crippen LogP contribution < -0.4 is 5.32 Å². The van der Waals surface area contributed by atoms with Crippen molar-refractivity contribution in [3.63, 3.8) is 0 Å². The molecule has 0 aliphatic heterocycles. The summed E-state index contributed by atoms with van der Waals surface area (Å²) < 4.78 is 0. The molecule has 0 aliphatic carbocycles. The summed E-state index contributed by atoms with van der Waals surface area (Å²) in [5.74, 6) is 0.161. The Bertz CT molecular complexity index is 235. The summed E-state index contributed by atoms with van der Waals surface area (Å²) in [6, 6.07) is 0.378. The Morgan fingerprint density at radius 2 is 1.75 bits per heavy atom. The van der Waals surface area contributed by atoms with Gasteiger partial charge in [0.1, 0.15) is 0 Å². The molecule has 0 saturated heterocycles. The highest BCUT2D eigenvalue weighted by molar-refractivity contribution is 5.78. The zero-order valence-electron chi connectivity index (χ0n) is 13.7. The van der Waals surface area contributed by atoms with E-state index in [0.717, 1.165) is 19.4 Å². The molecule has 0 spiro atoms. The molecule has 4 heteroatoms. The number of amides is 1. The highest BCUT2D eigenvalue weighted by atomic mass is 16.3. The van der Waals surface area contributed by atoms with Crippen LogP contribution in [0.1, 0.15) is 65.7 Å².